The van der Waals surface area contributed by atoms with E-state index in [1.54, 1.807) is 12.1 Å². The third kappa shape index (κ3) is 6.02. The van der Waals surface area contributed by atoms with Crippen molar-refractivity contribution in [3.63, 3.8) is 0 Å². The molecule has 0 fully saturated rings. The normalized spacial score (nSPS) is 13.7. The lowest BCUT2D eigenvalue weighted by Gasteiger charge is -2.21. The summed E-state index contributed by atoms with van der Waals surface area (Å²) >= 11 is 3.28. The van der Waals surface area contributed by atoms with Crippen LogP contribution in [0.2, 0.25) is 0 Å². The molecular formula is C15H25BrClNO3. The maximum absolute atomic E-state index is 10.2. The van der Waals surface area contributed by atoms with Crippen LogP contribution in [0.1, 0.15) is 45.2 Å². The van der Waals surface area contributed by atoms with Crippen molar-refractivity contribution >= 4 is 28.3 Å². The van der Waals surface area contributed by atoms with Gasteiger partial charge in [-0.25, -0.2) is 0 Å². The standard InChI is InChI=1S/C15H24BrNO3.ClH/c1-4-20-13-8-10(7-11(16)15(13)19)14(17)12(18)6-5-9(2)3;/h7-9,12,14,18-19H,4-6,17H2,1-3H3;1H/t12-,14+;/m1./s1. The van der Waals surface area contributed by atoms with Crippen LogP contribution in [0.4, 0.5) is 0 Å². The van der Waals surface area contributed by atoms with Crippen LogP contribution in [0.25, 0.3) is 0 Å². The van der Waals surface area contributed by atoms with Crippen LogP contribution in [0, 0.1) is 5.92 Å². The molecule has 4 nitrogen and oxygen atoms in total. The van der Waals surface area contributed by atoms with E-state index in [1.807, 2.05) is 6.92 Å². The Labute approximate surface area is 141 Å². The molecule has 1 aromatic rings. The minimum Gasteiger partial charge on any atom is -0.503 e. The van der Waals surface area contributed by atoms with Crippen molar-refractivity contribution in [3.05, 3.63) is 22.2 Å². The molecule has 1 rings (SSSR count). The minimum absolute atomic E-state index is 0. The number of nitrogens with two attached hydrogens (primary N) is 1. The molecule has 21 heavy (non-hydrogen) atoms. The van der Waals surface area contributed by atoms with Crippen molar-refractivity contribution in [2.45, 2.75) is 45.8 Å². The molecule has 1 aromatic carbocycles. The highest BCUT2D eigenvalue weighted by atomic mass is 79.9. The first-order chi connectivity index (χ1) is 9.36. The van der Waals surface area contributed by atoms with E-state index in [2.05, 4.69) is 29.8 Å². The van der Waals surface area contributed by atoms with E-state index in [9.17, 15) is 10.2 Å². The molecular weight excluding hydrogens is 358 g/mol. The van der Waals surface area contributed by atoms with E-state index < -0.39 is 12.1 Å². The molecule has 0 saturated carbocycles. The number of phenolic OH excluding ortho intramolecular Hbond substituents is 1. The number of aliphatic hydroxyl groups is 1. The van der Waals surface area contributed by atoms with Gasteiger partial charge in [-0.05, 0) is 59.3 Å². The van der Waals surface area contributed by atoms with Gasteiger partial charge >= 0.3 is 0 Å². The third-order valence-electron chi connectivity index (χ3n) is 3.19. The largest absolute Gasteiger partial charge is 0.503 e. The maximum atomic E-state index is 10.2. The van der Waals surface area contributed by atoms with Crippen molar-refractivity contribution in [2.24, 2.45) is 11.7 Å². The maximum Gasteiger partial charge on any atom is 0.172 e. The summed E-state index contributed by atoms with van der Waals surface area (Å²) in [7, 11) is 0. The van der Waals surface area contributed by atoms with E-state index in [0.29, 0.717) is 29.2 Å². The molecule has 0 bridgehead atoms. The molecule has 0 aliphatic rings. The molecule has 6 heteroatoms. The first kappa shape index (κ1) is 20.5. The molecule has 0 unspecified atom stereocenters. The molecule has 0 amide bonds. The molecule has 0 aliphatic carbocycles. The fourth-order valence-corrected chi connectivity index (χ4v) is 2.42. The van der Waals surface area contributed by atoms with Crippen LogP contribution in [0.15, 0.2) is 16.6 Å². The Morgan fingerprint density at radius 2 is 1.90 bits per heavy atom. The molecule has 0 aromatic heterocycles. The fraction of sp³-hybridized carbons (Fsp3) is 0.600. The van der Waals surface area contributed by atoms with Gasteiger partial charge in [0.1, 0.15) is 0 Å². The molecule has 0 aliphatic heterocycles. The van der Waals surface area contributed by atoms with Crippen molar-refractivity contribution in [2.75, 3.05) is 6.61 Å². The number of phenols is 1. The number of aliphatic hydroxyl groups excluding tert-OH is 1. The van der Waals surface area contributed by atoms with E-state index in [-0.39, 0.29) is 18.2 Å². The molecule has 0 heterocycles. The second-order valence-corrected chi connectivity index (χ2v) is 6.20. The minimum atomic E-state index is -0.608. The van der Waals surface area contributed by atoms with Gasteiger partial charge in [0, 0.05) is 0 Å². The van der Waals surface area contributed by atoms with Gasteiger partial charge in [-0.3, -0.25) is 0 Å². The molecule has 0 saturated heterocycles. The van der Waals surface area contributed by atoms with Crippen LogP contribution >= 0.6 is 28.3 Å². The summed E-state index contributed by atoms with van der Waals surface area (Å²) in [6.07, 6.45) is 0.969. The highest BCUT2D eigenvalue weighted by Gasteiger charge is 2.20. The van der Waals surface area contributed by atoms with Gasteiger partial charge < -0.3 is 20.7 Å². The molecule has 122 valence electrons. The summed E-state index contributed by atoms with van der Waals surface area (Å²) in [5, 5.41) is 20.0. The van der Waals surface area contributed by atoms with Crippen molar-refractivity contribution in [3.8, 4) is 11.5 Å². The Kier molecular flexibility index (Phi) is 9.29. The van der Waals surface area contributed by atoms with Crippen molar-refractivity contribution < 1.29 is 14.9 Å². The summed E-state index contributed by atoms with van der Waals surface area (Å²) in [4.78, 5) is 0. The van der Waals surface area contributed by atoms with E-state index in [0.717, 1.165) is 12.0 Å². The van der Waals surface area contributed by atoms with Crippen LogP contribution < -0.4 is 10.5 Å². The fourth-order valence-electron chi connectivity index (χ4n) is 1.96. The highest BCUT2D eigenvalue weighted by molar-refractivity contribution is 9.10. The van der Waals surface area contributed by atoms with Crippen LogP contribution in [0.5, 0.6) is 11.5 Å². The van der Waals surface area contributed by atoms with Gasteiger partial charge in [-0.15, -0.1) is 12.4 Å². The molecule has 2 atom stereocenters. The second kappa shape index (κ2) is 9.51. The van der Waals surface area contributed by atoms with Crippen molar-refractivity contribution in [1.82, 2.24) is 0 Å². The lowest BCUT2D eigenvalue weighted by atomic mass is 9.96. The van der Waals surface area contributed by atoms with Gasteiger partial charge in [-0.2, -0.15) is 0 Å². The van der Waals surface area contributed by atoms with E-state index in [1.165, 1.54) is 0 Å². The zero-order valence-electron chi connectivity index (χ0n) is 12.7. The first-order valence-electron chi connectivity index (χ1n) is 6.95. The quantitative estimate of drug-likeness (QED) is 0.671. The monoisotopic (exact) mass is 381 g/mol. The van der Waals surface area contributed by atoms with Gasteiger partial charge in [-0.1, -0.05) is 13.8 Å². The first-order valence-corrected chi connectivity index (χ1v) is 7.74. The number of hydrogen-bond acceptors (Lipinski definition) is 4. The third-order valence-corrected chi connectivity index (χ3v) is 3.79. The zero-order chi connectivity index (χ0) is 15.3. The number of halogens is 2. The van der Waals surface area contributed by atoms with E-state index >= 15 is 0 Å². The van der Waals surface area contributed by atoms with Gasteiger partial charge in [0.15, 0.2) is 11.5 Å². The number of aromatic hydroxyl groups is 1. The lowest BCUT2D eigenvalue weighted by Crippen LogP contribution is -2.26. The summed E-state index contributed by atoms with van der Waals surface area (Å²) in [6, 6.07) is 2.92. The Morgan fingerprint density at radius 1 is 1.29 bits per heavy atom. The van der Waals surface area contributed by atoms with Crippen molar-refractivity contribution in [1.29, 1.82) is 0 Å². The topological polar surface area (TPSA) is 75.7 Å². The van der Waals surface area contributed by atoms with Crippen LogP contribution in [-0.4, -0.2) is 22.9 Å². The van der Waals surface area contributed by atoms with Crippen LogP contribution in [-0.2, 0) is 0 Å². The van der Waals surface area contributed by atoms with Gasteiger partial charge in [0.2, 0.25) is 0 Å². The second-order valence-electron chi connectivity index (χ2n) is 5.35. The smallest absolute Gasteiger partial charge is 0.172 e. The summed E-state index contributed by atoms with van der Waals surface area (Å²) in [6.45, 7) is 6.52. The number of ether oxygens (including phenoxy) is 1. The number of hydrogen-bond donors (Lipinski definition) is 3. The average Bonchev–Trinajstić information content (AvgIpc) is 2.40. The Hall–Kier alpha value is -0.490. The SMILES string of the molecule is CCOc1cc([C@H](N)[C@H](O)CCC(C)C)cc(Br)c1O.Cl. The average molecular weight is 383 g/mol. The lowest BCUT2D eigenvalue weighted by molar-refractivity contribution is 0.128. The molecule has 0 radical (unpaired) electrons. The Bertz CT molecular complexity index is 443. The summed E-state index contributed by atoms with van der Waals surface area (Å²) in [5.74, 6) is 0.963. The van der Waals surface area contributed by atoms with Crippen LogP contribution in [0.3, 0.4) is 0 Å². The summed E-state index contributed by atoms with van der Waals surface area (Å²) in [5.41, 5.74) is 6.85. The van der Waals surface area contributed by atoms with E-state index in [4.69, 9.17) is 10.5 Å². The Morgan fingerprint density at radius 3 is 2.43 bits per heavy atom. The Balaban J connectivity index is 0.00000400. The molecule has 0 spiro atoms. The predicted molar refractivity (Wildman–Crippen MR) is 91.2 cm³/mol. The van der Waals surface area contributed by atoms with Gasteiger partial charge in [0.25, 0.3) is 0 Å². The van der Waals surface area contributed by atoms with Gasteiger partial charge in [0.05, 0.1) is 23.2 Å². The summed E-state index contributed by atoms with van der Waals surface area (Å²) < 4.78 is 5.89. The number of benzene rings is 1. The zero-order valence-corrected chi connectivity index (χ0v) is 15.1. The highest BCUT2D eigenvalue weighted by Crippen LogP contribution is 2.37. The predicted octanol–water partition coefficient (Wildman–Crippen LogP) is 3.77. The number of rotatable bonds is 7. The molecule has 4 N–H and O–H groups in total.